The van der Waals surface area contributed by atoms with Gasteiger partial charge in [0.2, 0.25) is 0 Å². The van der Waals surface area contributed by atoms with Crippen molar-refractivity contribution in [2.75, 3.05) is 0 Å². The van der Waals surface area contributed by atoms with Crippen LogP contribution in [0.5, 0.6) is 0 Å². The molecule has 0 saturated heterocycles. The van der Waals surface area contributed by atoms with E-state index in [0.29, 0.717) is 0 Å². The Hall–Kier alpha value is -8.01. The number of nitrogens with zero attached hydrogens (tertiary/aromatic N) is 3. The Kier molecular flexibility index (Phi) is 16.2. The van der Waals surface area contributed by atoms with Crippen molar-refractivity contribution < 1.29 is 0 Å². The maximum atomic E-state index is 4.95. The summed E-state index contributed by atoms with van der Waals surface area (Å²) in [4.78, 5) is 14.5. The van der Waals surface area contributed by atoms with Gasteiger partial charge in [-0.15, -0.1) is 0 Å². The Labute approximate surface area is 472 Å². The minimum Gasteiger partial charge on any atom is -0.256 e. The summed E-state index contributed by atoms with van der Waals surface area (Å²) in [6.07, 6.45) is 12.6. The molecule has 3 aromatic heterocycles. The molecule has 0 aliphatic carbocycles. The first-order valence-electron chi connectivity index (χ1n) is 28.5. The van der Waals surface area contributed by atoms with E-state index in [1.54, 1.807) is 0 Å². The highest BCUT2D eigenvalue weighted by Crippen LogP contribution is 2.42. The average Bonchev–Trinajstić information content (AvgIpc) is 3.49. The molecule has 3 nitrogen and oxygen atoms in total. The molecule has 0 unspecified atom stereocenters. The number of rotatable bonds is 16. The van der Waals surface area contributed by atoms with E-state index in [9.17, 15) is 0 Å². The molecular formula is C76H77N3. The van der Waals surface area contributed by atoms with Crippen LogP contribution in [0.4, 0.5) is 0 Å². The fraction of sp³-hybridized carbons (Fsp3) is 0.250. The van der Waals surface area contributed by atoms with Crippen molar-refractivity contribution in [3.63, 3.8) is 0 Å². The second-order valence-electron chi connectivity index (χ2n) is 25.5. The van der Waals surface area contributed by atoms with E-state index >= 15 is 0 Å². The molecule has 0 spiro atoms. The predicted molar refractivity (Wildman–Crippen MR) is 335 cm³/mol. The van der Waals surface area contributed by atoms with E-state index in [1.807, 2.05) is 18.6 Å². The SMILES string of the molecule is CC(C)(C)Cc1ccnc(-c2ccc(CCc3cc(CCc4ccc(-c5cc(CC(C)(C)C)ccn5)cc4)cc(-c4ccccc4-c4ccc(-c5cc(CC(C)(C)C)ccn5)cc4-c4ccc(-c5ccccc5)cc4)c3)cc2)c1. The van der Waals surface area contributed by atoms with E-state index in [4.69, 9.17) is 15.0 Å². The van der Waals surface area contributed by atoms with Crippen molar-refractivity contribution in [2.24, 2.45) is 16.2 Å². The van der Waals surface area contributed by atoms with Crippen LogP contribution in [0.1, 0.15) is 101 Å². The molecule has 10 aromatic rings. The van der Waals surface area contributed by atoms with Gasteiger partial charge >= 0.3 is 0 Å². The van der Waals surface area contributed by atoms with Crippen LogP contribution in [-0.2, 0) is 44.9 Å². The molecule has 396 valence electrons. The molecule has 0 saturated carbocycles. The molecule has 7 aromatic carbocycles. The van der Waals surface area contributed by atoms with Gasteiger partial charge in [-0.3, -0.25) is 15.0 Å². The second kappa shape index (κ2) is 23.5. The van der Waals surface area contributed by atoms with Gasteiger partial charge in [-0.2, -0.15) is 0 Å². The van der Waals surface area contributed by atoms with Gasteiger partial charge in [-0.05, 0) is 187 Å². The third-order valence-corrected chi connectivity index (χ3v) is 14.8. The third-order valence-electron chi connectivity index (χ3n) is 14.8. The van der Waals surface area contributed by atoms with Crippen LogP contribution in [0.25, 0.3) is 78.3 Å². The van der Waals surface area contributed by atoms with Crippen molar-refractivity contribution in [2.45, 2.75) is 107 Å². The molecule has 0 amide bonds. The Bertz CT molecular complexity index is 3530. The first kappa shape index (κ1) is 54.3. The first-order valence-corrected chi connectivity index (χ1v) is 28.5. The van der Waals surface area contributed by atoms with Gasteiger partial charge in [-0.25, -0.2) is 0 Å². The van der Waals surface area contributed by atoms with Gasteiger partial charge in [-0.1, -0.05) is 220 Å². The minimum atomic E-state index is 0.167. The molecular weight excluding hydrogens is 955 g/mol. The van der Waals surface area contributed by atoms with E-state index in [2.05, 4.69) is 263 Å². The zero-order valence-electron chi connectivity index (χ0n) is 48.1. The lowest BCUT2D eigenvalue weighted by Crippen LogP contribution is -2.09. The highest BCUT2D eigenvalue weighted by atomic mass is 14.7. The van der Waals surface area contributed by atoms with Crippen molar-refractivity contribution >= 4 is 0 Å². The van der Waals surface area contributed by atoms with E-state index in [0.717, 1.165) is 78.7 Å². The average molecular weight is 1030 g/mol. The summed E-state index contributed by atoms with van der Waals surface area (Å²) in [6.45, 7) is 20.6. The Morgan fingerprint density at radius 3 is 1.08 bits per heavy atom. The van der Waals surface area contributed by atoms with Crippen molar-refractivity contribution in [1.82, 2.24) is 15.0 Å². The maximum absolute atomic E-state index is 4.95. The lowest BCUT2D eigenvalue weighted by atomic mass is 9.86. The van der Waals surface area contributed by atoms with Gasteiger partial charge in [0, 0.05) is 35.3 Å². The van der Waals surface area contributed by atoms with Crippen molar-refractivity contribution in [3.8, 4) is 78.3 Å². The van der Waals surface area contributed by atoms with E-state index < -0.39 is 0 Å². The zero-order valence-corrected chi connectivity index (χ0v) is 48.1. The summed E-state index contributed by atoms with van der Waals surface area (Å²) in [5.41, 5.74) is 26.0. The number of aryl methyl sites for hydroxylation is 4. The van der Waals surface area contributed by atoms with Crippen LogP contribution < -0.4 is 0 Å². The second-order valence-corrected chi connectivity index (χ2v) is 25.5. The molecule has 0 radical (unpaired) electrons. The number of hydrogen-bond donors (Lipinski definition) is 0. The van der Waals surface area contributed by atoms with E-state index in [1.165, 1.54) is 83.5 Å². The summed E-state index contributed by atoms with van der Waals surface area (Å²) in [5.74, 6) is 0. The Balaban J connectivity index is 0.998. The minimum absolute atomic E-state index is 0.167. The summed E-state index contributed by atoms with van der Waals surface area (Å²) in [6, 6.07) is 74.5. The molecule has 0 atom stereocenters. The number of pyridine rings is 3. The Morgan fingerprint density at radius 1 is 0.241 bits per heavy atom. The van der Waals surface area contributed by atoms with Gasteiger partial charge in [0.25, 0.3) is 0 Å². The van der Waals surface area contributed by atoms with Crippen molar-refractivity contribution in [1.29, 1.82) is 0 Å². The Morgan fingerprint density at radius 2 is 0.608 bits per heavy atom. The fourth-order valence-electron chi connectivity index (χ4n) is 11.2. The van der Waals surface area contributed by atoms with Gasteiger partial charge < -0.3 is 0 Å². The van der Waals surface area contributed by atoms with Crippen LogP contribution in [0.3, 0.4) is 0 Å². The van der Waals surface area contributed by atoms with Gasteiger partial charge in [0.05, 0.1) is 17.1 Å². The highest BCUT2D eigenvalue weighted by Gasteiger charge is 2.19. The number of hydrogen-bond acceptors (Lipinski definition) is 3. The number of benzene rings is 7. The molecule has 0 bridgehead atoms. The zero-order chi connectivity index (χ0) is 55.2. The smallest absolute Gasteiger partial charge is 0.0704 e. The van der Waals surface area contributed by atoms with Crippen molar-refractivity contribution in [3.05, 3.63) is 258 Å². The molecule has 10 rings (SSSR count). The topological polar surface area (TPSA) is 38.7 Å². The van der Waals surface area contributed by atoms with E-state index in [-0.39, 0.29) is 16.2 Å². The fourth-order valence-corrected chi connectivity index (χ4v) is 11.2. The van der Waals surface area contributed by atoms with Gasteiger partial charge in [0.15, 0.2) is 0 Å². The van der Waals surface area contributed by atoms with Crippen LogP contribution >= 0.6 is 0 Å². The van der Waals surface area contributed by atoms with Crippen LogP contribution in [0.2, 0.25) is 0 Å². The van der Waals surface area contributed by atoms with Crippen LogP contribution in [-0.4, -0.2) is 15.0 Å². The monoisotopic (exact) mass is 1030 g/mol. The molecule has 79 heavy (non-hydrogen) atoms. The normalized spacial score (nSPS) is 12.0. The first-order chi connectivity index (χ1) is 37.9. The molecule has 0 aliphatic heterocycles. The number of aromatic nitrogens is 3. The quantitative estimate of drug-likeness (QED) is 0.0968. The molecule has 0 fully saturated rings. The largest absolute Gasteiger partial charge is 0.256 e. The summed E-state index contributed by atoms with van der Waals surface area (Å²) < 4.78 is 0. The maximum Gasteiger partial charge on any atom is 0.0704 e. The molecule has 0 N–H and O–H groups in total. The summed E-state index contributed by atoms with van der Waals surface area (Å²) in [7, 11) is 0. The van der Waals surface area contributed by atoms with Gasteiger partial charge in [0.1, 0.15) is 0 Å². The lowest BCUT2D eigenvalue weighted by molar-refractivity contribution is 0.411. The van der Waals surface area contributed by atoms with Crippen LogP contribution in [0.15, 0.2) is 219 Å². The standard InChI is InChI=1S/C76H77N3/c1-74(2,3)50-57-37-40-77-71(46-57)63-27-23-53(24-28-63)19-21-55-43-56(22-20-54-25-29-64(30-26-54)72-47-58(38-41-78-72)51-75(4,5)6)45-66(44-55)67-17-13-14-18-68(67)69-36-35-65(73-48-59(39-42-79-73)52-76(7,8)9)49-70(69)62-33-31-61(32-34-62)60-15-11-10-12-16-60/h10-18,23-49H,19-22,50-52H2,1-9H3. The third kappa shape index (κ3) is 14.6. The molecule has 3 heteroatoms. The summed E-state index contributed by atoms with van der Waals surface area (Å²) in [5, 5.41) is 0. The molecule has 0 aliphatic rings. The predicted octanol–water partition coefficient (Wildman–Crippen LogP) is 19.9. The molecule has 3 heterocycles. The summed E-state index contributed by atoms with van der Waals surface area (Å²) >= 11 is 0. The van der Waals surface area contributed by atoms with Crippen LogP contribution in [0, 0.1) is 16.2 Å². The highest BCUT2D eigenvalue weighted by molar-refractivity contribution is 5.94. The lowest BCUT2D eigenvalue weighted by Gasteiger charge is -2.19.